The van der Waals surface area contributed by atoms with Crippen LogP contribution in [-0.4, -0.2) is 23.9 Å². The van der Waals surface area contributed by atoms with E-state index >= 15 is 0 Å². The summed E-state index contributed by atoms with van der Waals surface area (Å²) in [6.07, 6.45) is 0.808. The van der Waals surface area contributed by atoms with E-state index in [1.807, 2.05) is 26.0 Å². The first-order valence-electron chi connectivity index (χ1n) is 6.53. The number of hydrogen-bond donors (Lipinski definition) is 0. The van der Waals surface area contributed by atoms with Gasteiger partial charge in [-0.2, -0.15) is 0 Å². The zero-order valence-electron chi connectivity index (χ0n) is 11.5. The quantitative estimate of drug-likeness (QED) is 0.619. The first-order valence-corrected chi connectivity index (χ1v) is 7.58. The highest BCUT2D eigenvalue weighted by atomic mass is 32.2. The smallest absolute Gasteiger partial charge is 0.379 e. The number of fused-ring (bicyclic) bond motifs is 1. The van der Waals surface area contributed by atoms with E-state index in [2.05, 4.69) is 0 Å². The standard InChI is InChI=1S/C15H16O4S/c1-15(2)8-10-4-3-5-11(13(10)19-15)18-14(16)12-9-20-7-6-17-12/h3-5,9H,6-8H2,1-2H3. The Morgan fingerprint density at radius 3 is 3.00 bits per heavy atom. The molecule has 20 heavy (non-hydrogen) atoms. The van der Waals surface area contributed by atoms with Crippen LogP contribution in [0.2, 0.25) is 0 Å². The minimum atomic E-state index is -0.473. The first kappa shape index (κ1) is 13.4. The van der Waals surface area contributed by atoms with Crippen molar-refractivity contribution in [2.24, 2.45) is 0 Å². The number of benzene rings is 1. The monoisotopic (exact) mass is 292 g/mol. The van der Waals surface area contributed by atoms with Gasteiger partial charge in [0.1, 0.15) is 5.60 Å². The maximum absolute atomic E-state index is 12.0. The van der Waals surface area contributed by atoms with Crippen LogP contribution in [0.5, 0.6) is 11.5 Å². The summed E-state index contributed by atoms with van der Waals surface area (Å²) in [6.45, 7) is 4.56. The molecule has 0 fully saturated rings. The lowest BCUT2D eigenvalue weighted by atomic mass is 10.0. The number of ether oxygens (including phenoxy) is 3. The van der Waals surface area contributed by atoms with Gasteiger partial charge in [-0.05, 0) is 19.9 Å². The number of rotatable bonds is 2. The maximum Gasteiger partial charge on any atom is 0.379 e. The van der Waals surface area contributed by atoms with Crippen LogP contribution in [0.4, 0.5) is 0 Å². The van der Waals surface area contributed by atoms with Crippen molar-refractivity contribution in [2.45, 2.75) is 25.9 Å². The third-order valence-electron chi connectivity index (χ3n) is 3.11. The molecule has 0 aromatic heterocycles. The van der Waals surface area contributed by atoms with Crippen LogP contribution in [-0.2, 0) is 16.0 Å². The van der Waals surface area contributed by atoms with E-state index in [9.17, 15) is 4.79 Å². The van der Waals surface area contributed by atoms with Crippen molar-refractivity contribution in [3.8, 4) is 11.5 Å². The molecule has 4 nitrogen and oxygen atoms in total. The Hall–Kier alpha value is -1.62. The fraction of sp³-hybridized carbons (Fsp3) is 0.400. The molecule has 5 heteroatoms. The van der Waals surface area contributed by atoms with E-state index in [4.69, 9.17) is 14.2 Å². The van der Waals surface area contributed by atoms with Crippen LogP contribution in [0.25, 0.3) is 0 Å². The minimum absolute atomic E-state index is 0.260. The second-order valence-corrected chi connectivity index (χ2v) is 6.35. The minimum Gasteiger partial charge on any atom is -0.485 e. The Morgan fingerprint density at radius 1 is 1.40 bits per heavy atom. The second kappa shape index (κ2) is 5.05. The fourth-order valence-corrected chi connectivity index (χ4v) is 2.91. The lowest BCUT2D eigenvalue weighted by Gasteiger charge is -2.18. The molecule has 106 valence electrons. The van der Waals surface area contributed by atoms with Crippen LogP contribution >= 0.6 is 11.8 Å². The highest BCUT2D eigenvalue weighted by molar-refractivity contribution is 8.02. The molecule has 0 bridgehead atoms. The molecule has 0 amide bonds. The molecule has 2 heterocycles. The van der Waals surface area contributed by atoms with Crippen LogP contribution in [0, 0.1) is 0 Å². The summed E-state index contributed by atoms with van der Waals surface area (Å²) in [5.74, 6) is 1.76. The van der Waals surface area contributed by atoms with Gasteiger partial charge in [0.25, 0.3) is 0 Å². The second-order valence-electron chi connectivity index (χ2n) is 5.37. The van der Waals surface area contributed by atoms with E-state index in [1.54, 1.807) is 23.2 Å². The van der Waals surface area contributed by atoms with E-state index in [0.717, 1.165) is 17.7 Å². The van der Waals surface area contributed by atoms with E-state index in [0.29, 0.717) is 18.1 Å². The van der Waals surface area contributed by atoms with Gasteiger partial charge in [0.05, 0.1) is 6.61 Å². The van der Waals surface area contributed by atoms with Crippen molar-refractivity contribution < 1.29 is 19.0 Å². The molecular formula is C15H16O4S. The molecule has 1 aromatic carbocycles. The fourth-order valence-electron chi connectivity index (χ4n) is 2.29. The third-order valence-corrected chi connectivity index (χ3v) is 3.89. The zero-order valence-corrected chi connectivity index (χ0v) is 12.3. The molecule has 0 unspecified atom stereocenters. The SMILES string of the molecule is CC1(C)Cc2cccc(OC(=O)C3=CSCCO3)c2O1. The Kier molecular flexibility index (Phi) is 3.38. The summed E-state index contributed by atoms with van der Waals surface area (Å²) in [6, 6.07) is 5.61. The van der Waals surface area contributed by atoms with Crippen molar-refractivity contribution in [1.82, 2.24) is 0 Å². The van der Waals surface area contributed by atoms with Gasteiger partial charge in [0.2, 0.25) is 5.76 Å². The normalized spacial score (nSPS) is 19.4. The average molecular weight is 292 g/mol. The molecule has 0 saturated heterocycles. The zero-order chi connectivity index (χ0) is 14.2. The molecule has 2 aliphatic heterocycles. The van der Waals surface area contributed by atoms with E-state index in [1.165, 1.54) is 0 Å². The first-order chi connectivity index (χ1) is 9.55. The van der Waals surface area contributed by atoms with E-state index < -0.39 is 5.97 Å². The Morgan fingerprint density at radius 2 is 2.25 bits per heavy atom. The lowest BCUT2D eigenvalue weighted by Crippen LogP contribution is -2.25. The summed E-state index contributed by atoms with van der Waals surface area (Å²) in [5.41, 5.74) is 0.801. The topological polar surface area (TPSA) is 44.8 Å². The number of carbonyl (C=O) groups excluding carboxylic acids is 1. The number of thioether (sulfide) groups is 1. The van der Waals surface area contributed by atoms with Gasteiger partial charge in [-0.3, -0.25) is 0 Å². The van der Waals surface area contributed by atoms with Crippen molar-refractivity contribution in [3.63, 3.8) is 0 Å². The van der Waals surface area contributed by atoms with E-state index in [-0.39, 0.29) is 11.4 Å². The maximum atomic E-state index is 12.0. The molecule has 1 aromatic rings. The number of para-hydroxylation sites is 1. The van der Waals surface area contributed by atoms with Gasteiger partial charge in [0.15, 0.2) is 11.5 Å². The molecule has 0 atom stereocenters. The Labute approximate surface area is 122 Å². The van der Waals surface area contributed by atoms with Gasteiger partial charge >= 0.3 is 5.97 Å². The van der Waals surface area contributed by atoms with Gasteiger partial charge < -0.3 is 14.2 Å². The highest BCUT2D eigenvalue weighted by Gasteiger charge is 2.33. The van der Waals surface area contributed by atoms with Crippen molar-refractivity contribution in [3.05, 3.63) is 34.9 Å². The van der Waals surface area contributed by atoms with Crippen molar-refractivity contribution in [2.75, 3.05) is 12.4 Å². The summed E-state index contributed by atoms with van der Waals surface area (Å²) in [7, 11) is 0. The van der Waals surface area contributed by atoms with Crippen LogP contribution in [0.1, 0.15) is 19.4 Å². The van der Waals surface area contributed by atoms with Crippen LogP contribution in [0.3, 0.4) is 0 Å². The third kappa shape index (κ3) is 2.63. The summed E-state index contributed by atoms with van der Waals surface area (Å²) in [4.78, 5) is 12.0. The summed E-state index contributed by atoms with van der Waals surface area (Å²) in [5, 5.41) is 1.69. The van der Waals surface area contributed by atoms with Gasteiger partial charge in [0, 0.05) is 23.1 Å². The highest BCUT2D eigenvalue weighted by Crippen LogP contribution is 2.42. The van der Waals surface area contributed by atoms with Crippen LogP contribution < -0.4 is 9.47 Å². The van der Waals surface area contributed by atoms with Crippen molar-refractivity contribution >= 4 is 17.7 Å². The molecule has 0 radical (unpaired) electrons. The average Bonchev–Trinajstić information content (AvgIpc) is 2.75. The molecule has 0 spiro atoms. The number of esters is 1. The Bertz CT molecular complexity index is 577. The van der Waals surface area contributed by atoms with Crippen molar-refractivity contribution in [1.29, 1.82) is 0 Å². The molecule has 3 rings (SSSR count). The molecule has 0 N–H and O–H groups in total. The Balaban J connectivity index is 1.81. The van der Waals surface area contributed by atoms with Gasteiger partial charge in [-0.1, -0.05) is 12.1 Å². The number of carbonyl (C=O) groups is 1. The molecule has 0 saturated carbocycles. The molecule has 0 aliphatic carbocycles. The van der Waals surface area contributed by atoms with Gasteiger partial charge in [-0.25, -0.2) is 4.79 Å². The molecule has 2 aliphatic rings. The molecular weight excluding hydrogens is 276 g/mol. The summed E-state index contributed by atoms with van der Waals surface area (Å²) >= 11 is 1.55. The summed E-state index contributed by atoms with van der Waals surface area (Å²) < 4.78 is 16.6. The predicted octanol–water partition coefficient (Wildman–Crippen LogP) is 2.91. The largest absolute Gasteiger partial charge is 0.485 e. The predicted molar refractivity (Wildman–Crippen MR) is 77.0 cm³/mol. The number of hydrogen-bond acceptors (Lipinski definition) is 5. The lowest BCUT2D eigenvalue weighted by molar-refractivity contribution is -0.134. The van der Waals surface area contributed by atoms with Gasteiger partial charge in [-0.15, -0.1) is 11.8 Å². The van der Waals surface area contributed by atoms with Crippen LogP contribution in [0.15, 0.2) is 29.4 Å².